The summed E-state index contributed by atoms with van der Waals surface area (Å²) < 4.78 is 17.0. The molecule has 31 heavy (non-hydrogen) atoms. The Morgan fingerprint density at radius 1 is 0.935 bits per heavy atom. The van der Waals surface area contributed by atoms with Crippen LogP contribution >= 0.6 is 0 Å². The fraction of sp³-hybridized carbons (Fsp3) is 0.167. The van der Waals surface area contributed by atoms with E-state index in [0.717, 1.165) is 38.3 Å². The van der Waals surface area contributed by atoms with Gasteiger partial charge in [-0.3, -0.25) is 0 Å². The molecule has 0 atom stereocenters. The maximum absolute atomic E-state index is 11.5. The molecule has 0 spiro atoms. The number of aromatic amines is 1. The van der Waals surface area contributed by atoms with E-state index in [2.05, 4.69) is 30.1 Å². The molecule has 7 heteroatoms. The Morgan fingerprint density at radius 3 is 2.39 bits per heavy atom. The summed E-state index contributed by atoms with van der Waals surface area (Å²) in [6.45, 7) is 2.66. The molecule has 0 aliphatic rings. The van der Waals surface area contributed by atoms with Crippen LogP contribution in [0.4, 0.5) is 0 Å². The predicted octanol–water partition coefficient (Wildman–Crippen LogP) is 3.74. The highest BCUT2D eigenvalue weighted by Gasteiger charge is 2.06. The Bertz CT molecular complexity index is 1300. The number of nitrogens with one attached hydrogen (secondary N) is 1. The maximum Gasteiger partial charge on any atom is 0.440 e. The van der Waals surface area contributed by atoms with Crippen LogP contribution in [-0.2, 0) is 13.2 Å². The summed E-state index contributed by atoms with van der Waals surface area (Å²) in [5.74, 6) is 0.780. The van der Waals surface area contributed by atoms with Crippen molar-refractivity contribution < 1.29 is 14.0 Å². The van der Waals surface area contributed by atoms with Crippen molar-refractivity contribution >= 4 is 0 Å². The second kappa shape index (κ2) is 8.79. The zero-order chi connectivity index (χ0) is 21.8. The first-order valence-corrected chi connectivity index (χ1v) is 9.78. The van der Waals surface area contributed by atoms with Crippen molar-refractivity contribution in [1.82, 2.24) is 9.72 Å². The van der Waals surface area contributed by atoms with Crippen LogP contribution in [0.15, 0.2) is 80.8 Å². The van der Waals surface area contributed by atoms with Crippen LogP contribution in [-0.4, -0.2) is 16.8 Å². The molecule has 4 rings (SSSR count). The molecule has 0 fully saturated rings. The molecule has 3 aromatic carbocycles. The molecule has 0 aliphatic carbocycles. The van der Waals surface area contributed by atoms with E-state index in [-0.39, 0.29) is 6.54 Å². The summed E-state index contributed by atoms with van der Waals surface area (Å²) >= 11 is 0. The van der Waals surface area contributed by atoms with Gasteiger partial charge in [0.05, 0.1) is 13.7 Å². The minimum Gasteiger partial charge on any atom is -0.497 e. The van der Waals surface area contributed by atoms with Gasteiger partial charge >= 0.3 is 11.4 Å². The van der Waals surface area contributed by atoms with Crippen molar-refractivity contribution in [3.63, 3.8) is 0 Å². The molecule has 0 unspecified atom stereocenters. The molecule has 0 bridgehead atoms. The molecule has 7 nitrogen and oxygen atoms in total. The van der Waals surface area contributed by atoms with E-state index in [1.54, 1.807) is 7.11 Å². The number of nitrogens with zero attached hydrogens (tertiary/aromatic N) is 1. The standard InChI is InChI=1S/C24H22N2O5/c1-16-12-21(29-2)10-11-22(16)19-5-3-4-18(13-19)15-30-20-8-6-17(7-9-20)14-26-23(27)25-24(28)31-26/h3-13H,14-15H2,1-2H3,(H,25,27,28). The van der Waals surface area contributed by atoms with E-state index >= 15 is 0 Å². The number of rotatable bonds is 7. The third kappa shape index (κ3) is 4.78. The van der Waals surface area contributed by atoms with Crippen molar-refractivity contribution in [2.45, 2.75) is 20.1 Å². The van der Waals surface area contributed by atoms with Gasteiger partial charge in [-0.2, -0.15) is 0 Å². The minimum atomic E-state index is -0.767. The van der Waals surface area contributed by atoms with Crippen molar-refractivity contribution in [2.24, 2.45) is 0 Å². The molecule has 0 aliphatic heterocycles. The van der Waals surface area contributed by atoms with Gasteiger partial charge in [0.25, 0.3) is 0 Å². The van der Waals surface area contributed by atoms with Crippen molar-refractivity contribution in [2.75, 3.05) is 7.11 Å². The monoisotopic (exact) mass is 418 g/mol. The summed E-state index contributed by atoms with van der Waals surface area (Å²) in [4.78, 5) is 24.7. The lowest BCUT2D eigenvalue weighted by molar-refractivity contribution is 0.258. The predicted molar refractivity (Wildman–Crippen MR) is 117 cm³/mol. The first-order valence-electron chi connectivity index (χ1n) is 9.78. The molecule has 1 aromatic heterocycles. The van der Waals surface area contributed by atoms with Crippen LogP contribution in [0.3, 0.4) is 0 Å². The summed E-state index contributed by atoms with van der Waals surface area (Å²) in [7, 11) is 1.66. The number of hydrogen-bond donors (Lipinski definition) is 1. The van der Waals surface area contributed by atoms with Crippen LogP contribution in [0.5, 0.6) is 11.5 Å². The van der Waals surface area contributed by atoms with E-state index in [9.17, 15) is 9.59 Å². The fourth-order valence-corrected chi connectivity index (χ4v) is 3.36. The van der Waals surface area contributed by atoms with E-state index < -0.39 is 11.4 Å². The number of methoxy groups -OCH3 is 1. The molecule has 1 heterocycles. The van der Waals surface area contributed by atoms with E-state index in [1.165, 1.54) is 0 Å². The highest BCUT2D eigenvalue weighted by Crippen LogP contribution is 2.27. The fourth-order valence-electron chi connectivity index (χ4n) is 3.36. The summed E-state index contributed by atoms with van der Waals surface area (Å²) in [6.07, 6.45) is 0. The van der Waals surface area contributed by atoms with Gasteiger partial charge in [-0.05, 0) is 65.1 Å². The van der Waals surface area contributed by atoms with E-state index in [4.69, 9.17) is 14.0 Å². The Kier molecular flexibility index (Phi) is 5.75. The van der Waals surface area contributed by atoms with Crippen LogP contribution < -0.4 is 20.9 Å². The smallest absolute Gasteiger partial charge is 0.440 e. The lowest BCUT2D eigenvalue weighted by Gasteiger charge is -2.11. The average Bonchev–Trinajstić information content (AvgIpc) is 3.09. The SMILES string of the molecule is COc1ccc(-c2cccc(COc3ccc(Cn4oc(=O)[nH]c4=O)cc3)c2)c(C)c1. The lowest BCUT2D eigenvalue weighted by atomic mass is 9.99. The third-order valence-electron chi connectivity index (χ3n) is 4.96. The largest absolute Gasteiger partial charge is 0.497 e. The molecule has 158 valence electrons. The van der Waals surface area contributed by atoms with Gasteiger partial charge in [0.2, 0.25) is 0 Å². The number of benzene rings is 3. The summed E-state index contributed by atoms with van der Waals surface area (Å²) in [5, 5.41) is 0. The molecule has 0 saturated heterocycles. The van der Waals surface area contributed by atoms with Gasteiger partial charge in [-0.25, -0.2) is 14.6 Å². The van der Waals surface area contributed by atoms with Crippen LogP contribution in [0.2, 0.25) is 0 Å². The zero-order valence-corrected chi connectivity index (χ0v) is 17.3. The highest BCUT2D eigenvalue weighted by molar-refractivity contribution is 5.68. The second-order valence-electron chi connectivity index (χ2n) is 7.16. The van der Waals surface area contributed by atoms with Gasteiger partial charge in [0.15, 0.2) is 0 Å². The molecule has 0 amide bonds. The molecule has 0 saturated carbocycles. The Balaban J connectivity index is 1.42. The zero-order valence-electron chi connectivity index (χ0n) is 17.3. The maximum atomic E-state index is 11.5. The summed E-state index contributed by atoms with van der Waals surface area (Å²) in [6, 6.07) is 21.6. The molecular weight excluding hydrogens is 396 g/mol. The van der Waals surface area contributed by atoms with Gasteiger partial charge < -0.3 is 14.0 Å². The topological polar surface area (TPSA) is 86.5 Å². The number of hydrogen-bond acceptors (Lipinski definition) is 5. The second-order valence-corrected chi connectivity index (χ2v) is 7.16. The number of H-pyrrole nitrogens is 1. The minimum absolute atomic E-state index is 0.168. The molecule has 1 N–H and O–H groups in total. The Morgan fingerprint density at radius 2 is 1.71 bits per heavy atom. The Hall–Kier alpha value is -4.00. The highest BCUT2D eigenvalue weighted by atomic mass is 16.5. The molecular formula is C24H22N2O5. The van der Waals surface area contributed by atoms with Gasteiger partial charge in [-0.1, -0.05) is 36.4 Å². The van der Waals surface area contributed by atoms with Gasteiger partial charge in [0, 0.05) is 0 Å². The molecule has 4 aromatic rings. The van der Waals surface area contributed by atoms with Crippen LogP contribution in [0, 0.1) is 6.92 Å². The normalized spacial score (nSPS) is 10.8. The van der Waals surface area contributed by atoms with E-state index in [0.29, 0.717) is 12.4 Å². The summed E-state index contributed by atoms with van der Waals surface area (Å²) in [5.41, 5.74) is 4.71. The van der Waals surface area contributed by atoms with Crippen LogP contribution in [0.1, 0.15) is 16.7 Å². The number of ether oxygens (including phenoxy) is 2. The first-order chi connectivity index (χ1) is 15.0. The van der Waals surface area contributed by atoms with Crippen molar-refractivity contribution in [1.29, 1.82) is 0 Å². The average molecular weight is 418 g/mol. The Labute approximate surface area is 178 Å². The van der Waals surface area contributed by atoms with E-state index in [1.807, 2.05) is 48.5 Å². The number of aryl methyl sites for hydroxylation is 1. The molecule has 0 radical (unpaired) electrons. The van der Waals surface area contributed by atoms with Gasteiger partial charge in [-0.15, -0.1) is 4.74 Å². The first kappa shape index (κ1) is 20.3. The van der Waals surface area contributed by atoms with Crippen LogP contribution in [0.25, 0.3) is 11.1 Å². The third-order valence-corrected chi connectivity index (χ3v) is 4.96. The van der Waals surface area contributed by atoms with Crippen molar-refractivity contribution in [3.8, 4) is 22.6 Å². The van der Waals surface area contributed by atoms with Crippen molar-refractivity contribution in [3.05, 3.63) is 104 Å². The quantitative estimate of drug-likeness (QED) is 0.494. The number of aromatic nitrogens is 2. The van der Waals surface area contributed by atoms with Gasteiger partial charge in [0.1, 0.15) is 18.1 Å². The lowest BCUT2D eigenvalue weighted by Crippen LogP contribution is -2.17.